The first kappa shape index (κ1) is 16.0. The molecule has 0 aliphatic heterocycles. The Labute approximate surface area is 143 Å². The zero-order chi connectivity index (χ0) is 17.1. The van der Waals surface area contributed by atoms with Gasteiger partial charge in [0.25, 0.3) is 5.91 Å². The van der Waals surface area contributed by atoms with Crippen LogP contribution in [0.5, 0.6) is 0 Å². The average molecular weight is 340 g/mol. The van der Waals surface area contributed by atoms with E-state index in [0.29, 0.717) is 10.6 Å². The minimum atomic E-state index is -1.04. The van der Waals surface area contributed by atoms with E-state index in [4.69, 9.17) is 0 Å². The molecule has 0 saturated carbocycles. The third kappa shape index (κ3) is 3.23. The SMILES string of the molecule is CCc1cc(C(=O)O)c(NC(=O)c2ccc(-n3cccc3)cc2)s1. The number of carbonyl (C=O) groups excluding carboxylic acids is 1. The standard InChI is InChI=1S/C18H16N2O3S/c1-2-14-11-15(18(22)23)17(24-14)19-16(21)12-5-7-13(8-6-12)20-9-3-4-10-20/h3-11H,2H2,1H3,(H,19,21)(H,22,23). The Hall–Kier alpha value is -2.86. The van der Waals surface area contributed by atoms with Crippen LogP contribution in [0.2, 0.25) is 0 Å². The van der Waals surface area contributed by atoms with Gasteiger partial charge in [0.05, 0.1) is 5.56 Å². The van der Waals surface area contributed by atoms with Gasteiger partial charge >= 0.3 is 5.97 Å². The Morgan fingerprint density at radius 3 is 2.42 bits per heavy atom. The maximum Gasteiger partial charge on any atom is 0.338 e. The summed E-state index contributed by atoms with van der Waals surface area (Å²) in [6.07, 6.45) is 4.57. The molecular formula is C18H16N2O3S. The van der Waals surface area contributed by atoms with Gasteiger partial charge in [-0.05, 0) is 48.9 Å². The summed E-state index contributed by atoms with van der Waals surface area (Å²) >= 11 is 1.30. The van der Waals surface area contributed by atoms with Gasteiger partial charge in [-0.2, -0.15) is 0 Å². The second-order valence-electron chi connectivity index (χ2n) is 5.21. The number of amides is 1. The van der Waals surface area contributed by atoms with Crippen LogP contribution in [0.25, 0.3) is 5.69 Å². The molecule has 122 valence electrons. The van der Waals surface area contributed by atoms with Gasteiger partial charge in [-0.3, -0.25) is 4.79 Å². The van der Waals surface area contributed by atoms with E-state index in [2.05, 4.69) is 5.32 Å². The zero-order valence-electron chi connectivity index (χ0n) is 13.0. The summed E-state index contributed by atoms with van der Waals surface area (Å²) in [5.41, 5.74) is 1.56. The number of aryl methyl sites for hydroxylation is 1. The van der Waals surface area contributed by atoms with Crippen LogP contribution in [0.3, 0.4) is 0 Å². The molecule has 2 N–H and O–H groups in total. The molecule has 24 heavy (non-hydrogen) atoms. The normalized spacial score (nSPS) is 10.5. The third-order valence-corrected chi connectivity index (χ3v) is 4.82. The van der Waals surface area contributed by atoms with E-state index in [1.165, 1.54) is 11.3 Å². The van der Waals surface area contributed by atoms with Crippen LogP contribution < -0.4 is 5.32 Å². The van der Waals surface area contributed by atoms with Crippen LogP contribution in [0.15, 0.2) is 54.9 Å². The number of rotatable bonds is 5. The zero-order valence-corrected chi connectivity index (χ0v) is 13.8. The van der Waals surface area contributed by atoms with Crippen LogP contribution in [-0.4, -0.2) is 21.6 Å². The van der Waals surface area contributed by atoms with Crippen LogP contribution in [0.4, 0.5) is 5.00 Å². The van der Waals surface area contributed by atoms with Crippen molar-refractivity contribution in [3.05, 3.63) is 70.9 Å². The van der Waals surface area contributed by atoms with E-state index in [9.17, 15) is 14.7 Å². The van der Waals surface area contributed by atoms with Crippen molar-refractivity contribution in [3.63, 3.8) is 0 Å². The van der Waals surface area contributed by atoms with Gasteiger partial charge in [0.15, 0.2) is 0 Å². The maximum absolute atomic E-state index is 12.4. The Kier molecular flexibility index (Phi) is 4.48. The van der Waals surface area contributed by atoms with Crippen LogP contribution in [-0.2, 0) is 6.42 Å². The fraction of sp³-hybridized carbons (Fsp3) is 0.111. The van der Waals surface area contributed by atoms with Crippen molar-refractivity contribution in [1.29, 1.82) is 0 Å². The molecule has 3 rings (SSSR count). The van der Waals surface area contributed by atoms with Crippen LogP contribution in [0.1, 0.15) is 32.5 Å². The van der Waals surface area contributed by atoms with E-state index in [-0.39, 0.29) is 11.5 Å². The average Bonchev–Trinajstić information content (AvgIpc) is 3.24. The fourth-order valence-electron chi connectivity index (χ4n) is 2.33. The molecule has 0 atom stereocenters. The van der Waals surface area contributed by atoms with Crippen LogP contribution >= 0.6 is 11.3 Å². The topological polar surface area (TPSA) is 71.3 Å². The lowest BCUT2D eigenvalue weighted by Gasteiger charge is -2.06. The molecule has 0 aliphatic rings. The van der Waals surface area contributed by atoms with Crippen molar-refractivity contribution in [2.75, 3.05) is 5.32 Å². The molecule has 2 heterocycles. The molecular weight excluding hydrogens is 324 g/mol. The maximum atomic E-state index is 12.4. The lowest BCUT2D eigenvalue weighted by Crippen LogP contribution is -2.13. The first-order chi connectivity index (χ1) is 11.6. The minimum absolute atomic E-state index is 0.133. The van der Waals surface area contributed by atoms with Crippen molar-refractivity contribution >= 4 is 28.2 Å². The number of nitrogens with one attached hydrogen (secondary N) is 1. The number of aromatic carboxylic acids is 1. The first-order valence-electron chi connectivity index (χ1n) is 7.49. The van der Waals surface area contributed by atoms with Crippen molar-refractivity contribution < 1.29 is 14.7 Å². The molecule has 0 spiro atoms. The Bertz CT molecular complexity index is 864. The van der Waals surface area contributed by atoms with Gasteiger partial charge in [-0.1, -0.05) is 6.92 Å². The van der Waals surface area contributed by atoms with Gasteiger partial charge in [-0.15, -0.1) is 11.3 Å². The van der Waals surface area contributed by atoms with E-state index in [1.54, 1.807) is 18.2 Å². The highest BCUT2D eigenvalue weighted by molar-refractivity contribution is 7.16. The highest BCUT2D eigenvalue weighted by atomic mass is 32.1. The predicted octanol–water partition coefficient (Wildman–Crippen LogP) is 4.05. The number of benzene rings is 1. The van der Waals surface area contributed by atoms with Gasteiger partial charge in [-0.25, -0.2) is 4.79 Å². The summed E-state index contributed by atoms with van der Waals surface area (Å²) < 4.78 is 1.94. The second kappa shape index (κ2) is 6.72. The lowest BCUT2D eigenvalue weighted by molar-refractivity contribution is 0.0698. The first-order valence-corrected chi connectivity index (χ1v) is 8.31. The summed E-state index contributed by atoms with van der Waals surface area (Å²) in [5.74, 6) is -1.36. The van der Waals surface area contributed by atoms with E-state index in [1.807, 2.05) is 48.1 Å². The van der Waals surface area contributed by atoms with Crippen LogP contribution in [0, 0.1) is 0 Å². The van der Waals surface area contributed by atoms with Gasteiger partial charge in [0.2, 0.25) is 0 Å². The highest BCUT2D eigenvalue weighted by Crippen LogP contribution is 2.29. The summed E-state index contributed by atoms with van der Waals surface area (Å²) in [4.78, 5) is 24.6. The van der Waals surface area contributed by atoms with E-state index < -0.39 is 5.97 Å². The molecule has 3 aromatic rings. The predicted molar refractivity (Wildman–Crippen MR) is 94.4 cm³/mol. The quantitative estimate of drug-likeness (QED) is 0.736. The highest BCUT2D eigenvalue weighted by Gasteiger charge is 2.17. The van der Waals surface area contributed by atoms with Gasteiger partial charge in [0, 0.05) is 28.5 Å². The van der Waals surface area contributed by atoms with E-state index in [0.717, 1.165) is 17.0 Å². The number of anilines is 1. The molecule has 0 radical (unpaired) electrons. The molecule has 0 bridgehead atoms. The number of carboxylic acids is 1. The molecule has 6 heteroatoms. The minimum Gasteiger partial charge on any atom is -0.478 e. The molecule has 1 amide bonds. The summed E-state index contributed by atoms with van der Waals surface area (Å²) in [6.45, 7) is 1.95. The number of nitrogens with zero attached hydrogens (tertiary/aromatic N) is 1. The molecule has 5 nitrogen and oxygen atoms in total. The Balaban J connectivity index is 1.80. The van der Waals surface area contributed by atoms with E-state index >= 15 is 0 Å². The summed E-state index contributed by atoms with van der Waals surface area (Å²) in [5, 5.41) is 12.3. The number of hydrogen-bond donors (Lipinski definition) is 2. The van der Waals surface area contributed by atoms with Crippen molar-refractivity contribution in [2.24, 2.45) is 0 Å². The van der Waals surface area contributed by atoms with Crippen molar-refractivity contribution in [1.82, 2.24) is 4.57 Å². The van der Waals surface area contributed by atoms with Gasteiger partial charge in [0.1, 0.15) is 5.00 Å². The summed E-state index contributed by atoms with van der Waals surface area (Å²) in [6, 6.07) is 12.6. The van der Waals surface area contributed by atoms with Gasteiger partial charge < -0.3 is 15.0 Å². The fourth-order valence-corrected chi connectivity index (χ4v) is 3.32. The molecule has 2 aromatic heterocycles. The Morgan fingerprint density at radius 1 is 1.17 bits per heavy atom. The number of carboxylic acid groups (broad SMARTS) is 1. The Morgan fingerprint density at radius 2 is 1.83 bits per heavy atom. The molecule has 0 unspecified atom stereocenters. The second-order valence-corrected chi connectivity index (χ2v) is 6.34. The third-order valence-electron chi connectivity index (χ3n) is 3.62. The summed E-state index contributed by atoms with van der Waals surface area (Å²) in [7, 11) is 0. The van der Waals surface area contributed by atoms with Crippen molar-refractivity contribution in [3.8, 4) is 5.69 Å². The molecule has 1 aromatic carbocycles. The number of carbonyl (C=O) groups is 2. The molecule has 0 aliphatic carbocycles. The smallest absolute Gasteiger partial charge is 0.338 e. The lowest BCUT2D eigenvalue weighted by atomic mass is 10.2. The number of hydrogen-bond acceptors (Lipinski definition) is 3. The van der Waals surface area contributed by atoms with Crippen molar-refractivity contribution in [2.45, 2.75) is 13.3 Å². The monoisotopic (exact) mass is 340 g/mol. The molecule has 0 saturated heterocycles. The number of aromatic nitrogens is 1. The molecule has 0 fully saturated rings. The largest absolute Gasteiger partial charge is 0.478 e. The number of thiophene rings is 1.